The van der Waals surface area contributed by atoms with Gasteiger partial charge in [0.25, 0.3) is 0 Å². The summed E-state index contributed by atoms with van der Waals surface area (Å²) in [6, 6.07) is 6.56. The van der Waals surface area contributed by atoms with Gasteiger partial charge in [-0.15, -0.1) is 0 Å². The van der Waals surface area contributed by atoms with Crippen molar-refractivity contribution in [3.63, 3.8) is 0 Å². The summed E-state index contributed by atoms with van der Waals surface area (Å²) in [5.41, 5.74) is 3.54. The molecule has 0 bridgehead atoms. The average molecular weight is 246 g/mol. The van der Waals surface area contributed by atoms with Gasteiger partial charge in [-0.2, -0.15) is 5.26 Å². The largest absolute Gasteiger partial charge is 0.496 e. The van der Waals surface area contributed by atoms with Crippen molar-refractivity contribution in [1.82, 2.24) is 5.32 Å². The van der Waals surface area contributed by atoms with Crippen LogP contribution in [0.4, 0.5) is 0 Å². The topological polar surface area (TPSA) is 45.0 Å². The molecule has 1 atom stereocenters. The number of rotatable bonds is 6. The van der Waals surface area contributed by atoms with Gasteiger partial charge in [-0.3, -0.25) is 0 Å². The molecule has 0 aliphatic carbocycles. The number of nitriles is 1. The lowest BCUT2D eigenvalue weighted by Gasteiger charge is -2.13. The Morgan fingerprint density at radius 2 is 1.94 bits per heavy atom. The third-order valence-electron chi connectivity index (χ3n) is 3.12. The zero-order valence-corrected chi connectivity index (χ0v) is 11.7. The van der Waals surface area contributed by atoms with Crippen LogP contribution in [0.1, 0.15) is 30.0 Å². The number of hydrogen-bond donors (Lipinski definition) is 1. The minimum atomic E-state index is 0.102. The highest BCUT2D eigenvalue weighted by molar-refractivity contribution is 5.43. The molecule has 1 rings (SSSR count). The van der Waals surface area contributed by atoms with E-state index in [-0.39, 0.29) is 5.92 Å². The zero-order chi connectivity index (χ0) is 13.5. The van der Waals surface area contributed by atoms with Gasteiger partial charge in [0.2, 0.25) is 0 Å². The number of hydrogen-bond acceptors (Lipinski definition) is 3. The van der Waals surface area contributed by atoms with E-state index in [0.717, 1.165) is 36.4 Å². The molecule has 1 aromatic carbocycles. The lowest BCUT2D eigenvalue weighted by atomic mass is 10.0. The Morgan fingerprint density at radius 1 is 1.33 bits per heavy atom. The second-order valence-corrected chi connectivity index (χ2v) is 4.63. The van der Waals surface area contributed by atoms with Crippen LogP contribution in [0, 0.1) is 31.1 Å². The fourth-order valence-corrected chi connectivity index (χ4v) is 2.14. The highest BCUT2D eigenvalue weighted by Gasteiger charge is 2.06. The molecule has 0 aromatic heterocycles. The molecule has 1 aromatic rings. The Balaban J connectivity index is 2.61. The van der Waals surface area contributed by atoms with E-state index in [2.05, 4.69) is 37.4 Å². The van der Waals surface area contributed by atoms with Crippen LogP contribution in [-0.2, 0) is 6.54 Å². The van der Waals surface area contributed by atoms with Crippen LogP contribution in [0.3, 0.4) is 0 Å². The first-order chi connectivity index (χ1) is 8.62. The fourth-order valence-electron chi connectivity index (χ4n) is 2.14. The van der Waals surface area contributed by atoms with E-state index in [0.29, 0.717) is 0 Å². The van der Waals surface area contributed by atoms with Crippen molar-refractivity contribution in [1.29, 1.82) is 5.26 Å². The summed E-state index contributed by atoms with van der Waals surface area (Å²) in [7, 11) is 1.70. The molecule has 0 heterocycles. The number of nitrogens with zero attached hydrogens (tertiary/aromatic N) is 1. The van der Waals surface area contributed by atoms with Gasteiger partial charge in [0.1, 0.15) is 5.75 Å². The van der Waals surface area contributed by atoms with Crippen molar-refractivity contribution in [2.24, 2.45) is 5.92 Å². The monoisotopic (exact) mass is 246 g/mol. The summed E-state index contributed by atoms with van der Waals surface area (Å²) >= 11 is 0. The van der Waals surface area contributed by atoms with Crippen LogP contribution in [0.2, 0.25) is 0 Å². The molecule has 1 unspecified atom stereocenters. The van der Waals surface area contributed by atoms with Crippen LogP contribution < -0.4 is 10.1 Å². The first kappa shape index (κ1) is 14.5. The molecule has 0 saturated carbocycles. The minimum Gasteiger partial charge on any atom is -0.496 e. The van der Waals surface area contributed by atoms with Gasteiger partial charge in [0.15, 0.2) is 0 Å². The minimum absolute atomic E-state index is 0.102. The summed E-state index contributed by atoms with van der Waals surface area (Å²) in [6.45, 7) is 7.69. The van der Waals surface area contributed by atoms with Gasteiger partial charge >= 0.3 is 0 Å². The Bertz CT molecular complexity index is 412. The lowest BCUT2D eigenvalue weighted by Crippen LogP contribution is -2.21. The zero-order valence-electron chi connectivity index (χ0n) is 11.7. The van der Waals surface area contributed by atoms with Gasteiger partial charge in [-0.05, 0) is 37.0 Å². The number of methoxy groups -OCH3 is 1. The standard InChI is InChI=1S/C15H22N2O/c1-5-13(8-16)9-17-10-14-6-11(2)15(18-4)12(3)7-14/h6-7,13,17H,5,9-10H2,1-4H3. The van der Waals surface area contributed by atoms with E-state index in [9.17, 15) is 0 Å². The molecule has 3 nitrogen and oxygen atoms in total. The second kappa shape index (κ2) is 7.03. The number of ether oxygens (including phenoxy) is 1. The molecule has 18 heavy (non-hydrogen) atoms. The van der Waals surface area contributed by atoms with Crippen molar-refractivity contribution in [3.05, 3.63) is 28.8 Å². The van der Waals surface area contributed by atoms with Crippen LogP contribution in [0.15, 0.2) is 12.1 Å². The predicted molar refractivity (Wildman–Crippen MR) is 73.6 cm³/mol. The maximum absolute atomic E-state index is 8.87. The summed E-state index contributed by atoms with van der Waals surface area (Å²) < 4.78 is 5.34. The smallest absolute Gasteiger partial charge is 0.124 e. The fraction of sp³-hybridized carbons (Fsp3) is 0.533. The highest BCUT2D eigenvalue weighted by Crippen LogP contribution is 2.24. The van der Waals surface area contributed by atoms with Crippen LogP contribution in [-0.4, -0.2) is 13.7 Å². The van der Waals surface area contributed by atoms with Crippen molar-refractivity contribution in [2.75, 3.05) is 13.7 Å². The van der Waals surface area contributed by atoms with Gasteiger partial charge in [-0.25, -0.2) is 0 Å². The normalized spacial score (nSPS) is 11.9. The molecule has 98 valence electrons. The van der Waals surface area contributed by atoms with E-state index < -0.39 is 0 Å². The summed E-state index contributed by atoms with van der Waals surface area (Å²) in [5, 5.41) is 12.2. The molecule has 0 amide bonds. The Morgan fingerprint density at radius 3 is 2.39 bits per heavy atom. The third kappa shape index (κ3) is 3.75. The van der Waals surface area contributed by atoms with E-state index in [1.54, 1.807) is 7.11 Å². The molecule has 0 saturated heterocycles. The molecule has 0 aliphatic rings. The second-order valence-electron chi connectivity index (χ2n) is 4.63. The molecular weight excluding hydrogens is 224 g/mol. The number of benzene rings is 1. The molecule has 0 fully saturated rings. The first-order valence-corrected chi connectivity index (χ1v) is 6.36. The lowest BCUT2D eigenvalue weighted by molar-refractivity contribution is 0.408. The molecule has 3 heteroatoms. The maximum atomic E-state index is 8.87. The average Bonchev–Trinajstić information content (AvgIpc) is 2.34. The molecular formula is C15H22N2O. The SMILES string of the molecule is CCC(C#N)CNCc1cc(C)c(OC)c(C)c1. The van der Waals surface area contributed by atoms with Crippen molar-refractivity contribution in [2.45, 2.75) is 33.7 Å². The van der Waals surface area contributed by atoms with Crippen molar-refractivity contribution >= 4 is 0 Å². The van der Waals surface area contributed by atoms with Crippen molar-refractivity contribution in [3.8, 4) is 11.8 Å². The van der Waals surface area contributed by atoms with E-state index >= 15 is 0 Å². The summed E-state index contributed by atoms with van der Waals surface area (Å²) in [6.07, 6.45) is 0.893. The van der Waals surface area contributed by atoms with Gasteiger partial charge < -0.3 is 10.1 Å². The summed E-state index contributed by atoms with van der Waals surface area (Å²) in [4.78, 5) is 0. The summed E-state index contributed by atoms with van der Waals surface area (Å²) in [5.74, 6) is 1.06. The molecule has 0 spiro atoms. The van der Waals surface area contributed by atoms with E-state index in [1.807, 2.05) is 6.92 Å². The van der Waals surface area contributed by atoms with Gasteiger partial charge in [-0.1, -0.05) is 19.1 Å². The number of nitrogens with one attached hydrogen (secondary N) is 1. The molecule has 0 aliphatic heterocycles. The maximum Gasteiger partial charge on any atom is 0.124 e. The Labute approximate surface area is 110 Å². The van der Waals surface area contributed by atoms with Crippen LogP contribution >= 0.6 is 0 Å². The highest BCUT2D eigenvalue weighted by atomic mass is 16.5. The quantitative estimate of drug-likeness (QED) is 0.839. The van der Waals surface area contributed by atoms with Crippen LogP contribution in [0.5, 0.6) is 5.75 Å². The van der Waals surface area contributed by atoms with Gasteiger partial charge in [0.05, 0.1) is 19.1 Å². The van der Waals surface area contributed by atoms with Gasteiger partial charge in [0, 0.05) is 13.1 Å². The molecule has 1 N–H and O–H groups in total. The van der Waals surface area contributed by atoms with Crippen LogP contribution in [0.25, 0.3) is 0 Å². The predicted octanol–water partition coefficient (Wildman–Crippen LogP) is 2.95. The van der Waals surface area contributed by atoms with E-state index in [1.165, 1.54) is 5.56 Å². The van der Waals surface area contributed by atoms with E-state index in [4.69, 9.17) is 10.00 Å². The Kier molecular flexibility index (Phi) is 5.67. The molecule has 0 radical (unpaired) electrons. The first-order valence-electron chi connectivity index (χ1n) is 6.36. The third-order valence-corrected chi connectivity index (χ3v) is 3.12. The van der Waals surface area contributed by atoms with Crippen molar-refractivity contribution < 1.29 is 4.74 Å². The Hall–Kier alpha value is -1.53. The number of aryl methyl sites for hydroxylation is 2.